The number of rotatable bonds is 14. The van der Waals surface area contributed by atoms with Crippen LogP contribution in [-0.2, 0) is 16.0 Å². The van der Waals surface area contributed by atoms with Crippen LogP contribution in [0.4, 0.5) is 11.4 Å². The lowest BCUT2D eigenvalue weighted by Gasteiger charge is -2.35. The number of piperidine rings is 1. The van der Waals surface area contributed by atoms with Gasteiger partial charge in [-0.3, -0.25) is 9.59 Å². The van der Waals surface area contributed by atoms with Gasteiger partial charge >= 0.3 is 0 Å². The molecule has 2 N–H and O–H groups in total. The molecule has 1 fully saturated rings. The Balaban J connectivity index is 1.66. The lowest BCUT2D eigenvalue weighted by Crippen LogP contribution is -2.36. The van der Waals surface area contributed by atoms with Crippen molar-refractivity contribution in [3.8, 4) is 0 Å². The third-order valence-electron chi connectivity index (χ3n) is 6.81. The Labute approximate surface area is 216 Å². The van der Waals surface area contributed by atoms with E-state index in [9.17, 15) is 9.59 Å². The highest BCUT2D eigenvalue weighted by Gasteiger charge is 2.23. The largest absolute Gasteiger partial charge is 0.382 e. The summed E-state index contributed by atoms with van der Waals surface area (Å²) >= 11 is 0. The van der Waals surface area contributed by atoms with Crippen LogP contribution in [0.3, 0.4) is 0 Å². The fraction of sp³-hybridized carbons (Fsp3) is 0.533. The average molecular weight is 494 g/mol. The van der Waals surface area contributed by atoms with Gasteiger partial charge in [-0.1, -0.05) is 50.1 Å². The molecule has 2 aromatic carbocycles. The van der Waals surface area contributed by atoms with E-state index in [1.54, 1.807) is 0 Å². The lowest BCUT2D eigenvalue weighted by atomic mass is 9.89. The van der Waals surface area contributed by atoms with Gasteiger partial charge in [0.1, 0.15) is 0 Å². The number of hydrogen-bond donors (Lipinski definition) is 2. The second kappa shape index (κ2) is 15.3. The van der Waals surface area contributed by atoms with Gasteiger partial charge in [-0.15, -0.1) is 0 Å². The first-order chi connectivity index (χ1) is 17.6. The second-order valence-corrected chi connectivity index (χ2v) is 9.66. The highest BCUT2D eigenvalue weighted by Crippen LogP contribution is 2.30. The van der Waals surface area contributed by atoms with E-state index in [2.05, 4.69) is 52.8 Å². The van der Waals surface area contributed by atoms with Crippen molar-refractivity contribution in [1.29, 1.82) is 0 Å². The smallest absolute Gasteiger partial charge is 0.253 e. The van der Waals surface area contributed by atoms with E-state index >= 15 is 0 Å². The van der Waals surface area contributed by atoms with Crippen LogP contribution in [-0.4, -0.2) is 44.7 Å². The van der Waals surface area contributed by atoms with Gasteiger partial charge < -0.3 is 20.3 Å². The monoisotopic (exact) mass is 493 g/mol. The third-order valence-corrected chi connectivity index (χ3v) is 6.81. The van der Waals surface area contributed by atoms with E-state index < -0.39 is 0 Å². The van der Waals surface area contributed by atoms with Crippen molar-refractivity contribution in [3.63, 3.8) is 0 Å². The predicted octanol–water partition coefficient (Wildman–Crippen LogP) is 5.82. The zero-order valence-electron chi connectivity index (χ0n) is 22.1. The maximum atomic E-state index is 13.2. The summed E-state index contributed by atoms with van der Waals surface area (Å²) in [6.45, 7) is 7.81. The topological polar surface area (TPSA) is 70.7 Å². The summed E-state index contributed by atoms with van der Waals surface area (Å²) in [7, 11) is 0. The van der Waals surface area contributed by atoms with Gasteiger partial charge in [0, 0.05) is 50.6 Å². The van der Waals surface area contributed by atoms with Crippen molar-refractivity contribution in [2.24, 2.45) is 5.92 Å². The van der Waals surface area contributed by atoms with E-state index in [-0.39, 0.29) is 11.8 Å². The van der Waals surface area contributed by atoms with Gasteiger partial charge in [-0.05, 0) is 68.7 Å². The van der Waals surface area contributed by atoms with Gasteiger partial charge in [-0.2, -0.15) is 0 Å². The Bertz CT molecular complexity index is 940. The minimum atomic E-state index is -0.102. The van der Waals surface area contributed by atoms with Crippen LogP contribution in [0.5, 0.6) is 0 Å². The highest BCUT2D eigenvalue weighted by molar-refractivity contribution is 6.02. The molecule has 36 heavy (non-hydrogen) atoms. The number of carbonyl (C=O) groups is 2. The zero-order chi connectivity index (χ0) is 25.6. The zero-order valence-corrected chi connectivity index (χ0v) is 22.1. The van der Waals surface area contributed by atoms with Crippen LogP contribution < -0.4 is 15.5 Å². The number of hydrogen-bond acceptors (Lipinski definition) is 4. The molecule has 0 aliphatic carbocycles. The molecule has 0 unspecified atom stereocenters. The number of unbranched alkanes of at least 4 members (excludes halogenated alkanes) is 2. The molecule has 1 heterocycles. The summed E-state index contributed by atoms with van der Waals surface area (Å²) < 4.78 is 5.39. The Morgan fingerprint density at radius 3 is 2.50 bits per heavy atom. The molecule has 2 aromatic rings. The van der Waals surface area contributed by atoms with Crippen molar-refractivity contribution in [3.05, 3.63) is 59.7 Å². The van der Waals surface area contributed by atoms with Crippen LogP contribution >= 0.6 is 0 Å². The number of nitrogens with one attached hydrogen (secondary N) is 2. The standard InChI is InChI=1S/C30H43N3O3/c1-3-5-7-13-29(34)32-26-14-15-28(27(23-26)30(35)31-18-10-21-36-4-2)33-19-16-25(17-20-33)22-24-11-8-6-9-12-24/h6,8-9,11-12,14-15,23,25H,3-5,7,10,13,16-22H2,1-2H3,(H,31,35)(H,32,34). The Hall–Kier alpha value is -2.86. The molecular formula is C30H43N3O3. The summed E-state index contributed by atoms with van der Waals surface area (Å²) in [5.41, 5.74) is 3.64. The summed E-state index contributed by atoms with van der Waals surface area (Å²) in [4.78, 5) is 27.9. The Morgan fingerprint density at radius 2 is 1.78 bits per heavy atom. The van der Waals surface area contributed by atoms with Crippen molar-refractivity contribution in [1.82, 2.24) is 5.32 Å². The molecule has 6 nitrogen and oxygen atoms in total. The summed E-state index contributed by atoms with van der Waals surface area (Å²) in [6, 6.07) is 16.4. The summed E-state index contributed by atoms with van der Waals surface area (Å²) in [5.74, 6) is 0.553. The quantitative estimate of drug-likeness (QED) is 0.325. The van der Waals surface area contributed by atoms with Crippen LogP contribution in [0.2, 0.25) is 0 Å². The normalized spacial score (nSPS) is 14.0. The van der Waals surface area contributed by atoms with Crippen molar-refractivity contribution < 1.29 is 14.3 Å². The molecule has 1 saturated heterocycles. The van der Waals surface area contributed by atoms with E-state index in [1.165, 1.54) is 5.56 Å². The maximum Gasteiger partial charge on any atom is 0.253 e. The van der Waals surface area contributed by atoms with Gasteiger partial charge in [-0.25, -0.2) is 0 Å². The molecule has 2 amide bonds. The van der Waals surface area contributed by atoms with Crippen LogP contribution in [0.25, 0.3) is 0 Å². The third kappa shape index (κ3) is 8.98. The molecule has 1 aliphatic heterocycles. The maximum absolute atomic E-state index is 13.2. The van der Waals surface area contributed by atoms with E-state index in [4.69, 9.17) is 4.74 Å². The minimum Gasteiger partial charge on any atom is -0.382 e. The number of nitrogens with zero attached hydrogens (tertiary/aromatic N) is 1. The van der Waals surface area contributed by atoms with E-state index in [1.807, 2.05) is 25.1 Å². The highest BCUT2D eigenvalue weighted by atomic mass is 16.5. The minimum absolute atomic E-state index is 0.000925. The first-order valence-corrected chi connectivity index (χ1v) is 13.7. The van der Waals surface area contributed by atoms with E-state index in [0.29, 0.717) is 43.3 Å². The predicted molar refractivity (Wildman–Crippen MR) is 148 cm³/mol. The molecule has 0 saturated carbocycles. The van der Waals surface area contributed by atoms with Crippen LogP contribution in [0.15, 0.2) is 48.5 Å². The SMILES string of the molecule is CCCCCC(=O)Nc1ccc(N2CCC(Cc3ccccc3)CC2)c(C(=O)NCCCOCC)c1. The number of ether oxygens (including phenoxy) is 1. The molecule has 0 atom stereocenters. The van der Waals surface area contributed by atoms with Gasteiger partial charge in [0.15, 0.2) is 0 Å². The first kappa shape index (κ1) is 27.7. The second-order valence-electron chi connectivity index (χ2n) is 9.66. The fourth-order valence-electron chi connectivity index (χ4n) is 4.77. The van der Waals surface area contributed by atoms with E-state index in [0.717, 1.165) is 63.7 Å². The van der Waals surface area contributed by atoms with Gasteiger partial charge in [0.25, 0.3) is 5.91 Å². The summed E-state index contributed by atoms with van der Waals surface area (Å²) in [6.07, 6.45) is 7.58. The molecule has 6 heteroatoms. The van der Waals surface area contributed by atoms with Crippen LogP contribution in [0.1, 0.15) is 74.7 Å². The number of benzene rings is 2. The summed E-state index contributed by atoms with van der Waals surface area (Å²) in [5, 5.41) is 6.03. The molecule has 0 aromatic heterocycles. The van der Waals surface area contributed by atoms with Crippen LogP contribution in [0, 0.1) is 5.92 Å². The van der Waals surface area contributed by atoms with Crippen molar-refractivity contribution in [2.45, 2.75) is 65.2 Å². The molecule has 1 aliphatic rings. The molecule has 0 spiro atoms. The molecule has 3 rings (SSSR count). The Morgan fingerprint density at radius 1 is 1.00 bits per heavy atom. The molecule has 196 valence electrons. The number of carbonyl (C=O) groups excluding carboxylic acids is 2. The molecule has 0 bridgehead atoms. The number of amides is 2. The van der Waals surface area contributed by atoms with Gasteiger partial charge in [0.05, 0.1) is 5.56 Å². The fourth-order valence-corrected chi connectivity index (χ4v) is 4.77. The average Bonchev–Trinajstić information content (AvgIpc) is 2.90. The first-order valence-electron chi connectivity index (χ1n) is 13.7. The molecular weight excluding hydrogens is 450 g/mol. The van der Waals surface area contributed by atoms with Crippen molar-refractivity contribution in [2.75, 3.05) is 43.1 Å². The number of anilines is 2. The van der Waals surface area contributed by atoms with Gasteiger partial charge in [0.2, 0.25) is 5.91 Å². The Kier molecular flexibility index (Phi) is 11.8. The lowest BCUT2D eigenvalue weighted by molar-refractivity contribution is -0.116. The molecule has 0 radical (unpaired) electrons. The van der Waals surface area contributed by atoms with Crippen molar-refractivity contribution >= 4 is 23.2 Å².